The van der Waals surface area contributed by atoms with E-state index in [0.717, 1.165) is 18.9 Å². The highest BCUT2D eigenvalue weighted by atomic mass is 16.2. The molecular weight excluding hydrogens is 320 g/mol. The predicted octanol–water partition coefficient (Wildman–Crippen LogP) is 0.133. The summed E-state index contributed by atoms with van der Waals surface area (Å²) in [6.07, 6.45) is 5.44. The predicted molar refractivity (Wildman–Crippen MR) is 92.9 cm³/mol. The normalized spacial score (nSPS) is 14.4. The molecule has 0 atom stereocenters. The number of hydrogen-bond acceptors (Lipinski definition) is 5. The Hall–Kier alpha value is -2.90. The van der Waals surface area contributed by atoms with Crippen molar-refractivity contribution in [3.8, 4) is 0 Å². The van der Waals surface area contributed by atoms with Crippen LogP contribution in [0.2, 0.25) is 0 Å². The van der Waals surface area contributed by atoms with Gasteiger partial charge < -0.3 is 15.1 Å². The summed E-state index contributed by atoms with van der Waals surface area (Å²) in [5.74, 6) is 0.872. The highest BCUT2D eigenvalue weighted by molar-refractivity contribution is 5.79. The average molecular weight is 342 g/mol. The van der Waals surface area contributed by atoms with Gasteiger partial charge in [-0.25, -0.2) is 4.98 Å². The number of pyridine rings is 1. The fourth-order valence-corrected chi connectivity index (χ4v) is 2.79. The number of hydrogen-bond donors (Lipinski definition) is 1. The molecule has 3 heterocycles. The smallest absolute Gasteiger partial charge is 0.241 e. The number of nitrogens with zero attached hydrogens (tertiary/aromatic N) is 5. The fraction of sp³-hybridized carbons (Fsp3) is 0.412. The van der Waals surface area contributed by atoms with Crippen LogP contribution in [0.4, 0.5) is 5.82 Å². The molecule has 1 aliphatic heterocycles. The molecule has 2 aromatic rings. The van der Waals surface area contributed by atoms with E-state index in [1.54, 1.807) is 29.3 Å². The van der Waals surface area contributed by atoms with E-state index in [4.69, 9.17) is 0 Å². The number of carbonyl (C=O) groups excluding carboxylic acids is 2. The molecule has 0 unspecified atom stereocenters. The van der Waals surface area contributed by atoms with E-state index in [0.29, 0.717) is 26.1 Å². The van der Waals surface area contributed by atoms with E-state index in [1.807, 2.05) is 23.1 Å². The fourth-order valence-electron chi connectivity index (χ4n) is 2.79. The van der Waals surface area contributed by atoms with Gasteiger partial charge in [0.25, 0.3) is 0 Å². The number of piperazine rings is 1. The van der Waals surface area contributed by atoms with Crippen LogP contribution < -0.4 is 10.2 Å². The van der Waals surface area contributed by atoms with Crippen molar-refractivity contribution in [1.29, 1.82) is 0 Å². The van der Waals surface area contributed by atoms with Crippen LogP contribution in [0, 0.1) is 0 Å². The summed E-state index contributed by atoms with van der Waals surface area (Å²) in [7, 11) is 0. The maximum Gasteiger partial charge on any atom is 0.241 e. The number of rotatable bonds is 6. The lowest BCUT2D eigenvalue weighted by Crippen LogP contribution is -2.49. The molecule has 2 aromatic heterocycles. The minimum absolute atomic E-state index is 0.0695. The van der Waals surface area contributed by atoms with Gasteiger partial charge in [-0.3, -0.25) is 14.3 Å². The molecule has 1 saturated heterocycles. The molecule has 25 heavy (non-hydrogen) atoms. The first-order valence-corrected chi connectivity index (χ1v) is 8.40. The van der Waals surface area contributed by atoms with Gasteiger partial charge in [-0.2, -0.15) is 5.10 Å². The van der Waals surface area contributed by atoms with Crippen molar-refractivity contribution < 1.29 is 9.59 Å². The number of nitrogens with one attached hydrogen (secondary N) is 1. The van der Waals surface area contributed by atoms with E-state index in [1.165, 1.54) is 0 Å². The van der Waals surface area contributed by atoms with E-state index < -0.39 is 0 Å². The molecule has 2 amide bonds. The summed E-state index contributed by atoms with van der Waals surface area (Å²) < 4.78 is 1.55. The molecule has 0 radical (unpaired) electrons. The summed E-state index contributed by atoms with van der Waals surface area (Å²) in [4.78, 5) is 32.4. The lowest BCUT2D eigenvalue weighted by Gasteiger charge is -2.35. The standard InChI is InChI=1S/C17H22N6O2/c24-16(14-23-9-3-7-20-23)19-8-5-17(25)22-12-10-21(11-13-22)15-4-1-2-6-18-15/h1-4,6-7,9H,5,8,10-14H2,(H,19,24). The Balaban J connectivity index is 1.36. The minimum atomic E-state index is -0.142. The Bertz CT molecular complexity index is 680. The van der Waals surface area contributed by atoms with Crippen LogP contribution >= 0.6 is 0 Å². The van der Waals surface area contributed by atoms with Crippen molar-refractivity contribution in [2.75, 3.05) is 37.6 Å². The molecule has 0 aliphatic carbocycles. The van der Waals surface area contributed by atoms with Crippen molar-refractivity contribution in [1.82, 2.24) is 25.0 Å². The van der Waals surface area contributed by atoms with E-state index in [-0.39, 0.29) is 18.4 Å². The molecule has 0 bridgehead atoms. The zero-order valence-corrected chi connectivity index (χ0v) is 14.0. The molecule has 8 heteroatoms. The van der Waals surface area contributed by atoms with Crippen LogP contribution in [-0.2, 0) is 16.1 Å². The molecule has 1 fully saturated rings. The second kappa shape index (κ2) is 8.27. The zero-order valence-electron chi connectivity index (χ0n) is 14.0. The second-order valence-corrected chi connectivity index (χ2v) is 5.86. The maximum absolute atomic E-state index is 12.3. The summed E-state index contributed by atoms with van der Waals surface area (Å²) in [6, 6.07) is 7.60. The van der Waals surface area contributed by atoms with Gasteiger partial charge in [-0.05, 0) is 18.2 Å². The quantitative estimate of drug-likeness (QED) is 0.807. The first kappa shape index (κ1) is 16.9. The van der Waals surface area contributed by atoms with Crippen LogP contribution in [0.5, 0.6) is 0 Å². The third-order valence-corrected chi connectivity index (χ3v) is 4.13. The third-order valence-electron chi connectivity index (χ3n) is 4.13. The number of anilines is 1. The van der Waals surface area contributed by atoms with Crippen molar-refractivity contribution >= 4 is 17.6 Å². The Labute approximate surface area is 146 Å². The Morgan fingerprint density at radius 1 is 1.08 bits per heavy atom. The maximum atomic E-state index is 12.3. The highest BCUT2D eigenvalue weighted by Gasteiger charge is 2.21. The molecule has 132 valence electrons. The average Bonchev–Trinajstić information content (AvgIpc) is 3.15. The van der Waals surface area contributed by atoms with E-state index in [2.05, 4.69) is 20.3 Å². The van der Waals surface area contributed by atoms with Gasteiger partial charge in [-0.15, -0.1) is 0 Å². The summed E-state index contributed by atoms with van der Waals surface area (Å²) in [5, 5.41) is 6.73. The molecule has 0 aromatic carbocycles. The van der Waals surface area contributed by atoms with Gasteiger partial charge in [0.2, 0.25) is 11.8 Å². The lowest BCUT2D eigenvalue weighted by molar-refractivity contribution is -0.131. The van der Waals surface area contributed by atoms with Crippen molar-refractivity contribution in [2.45, 2.75) is 13.0 Å². The summed E-state index contributed by atoms with van der Waals surface area (Å²) in [5.41, 5.74) is 0. The summed E-state index contributed by atoms with van der Waals surface area (Å²) in [6.45, 7) is 3.42. The molecular formula is C17H22N6O2. The van der Waals surface area contributed by atoms with Crippen LogP contribution in [0.3, 0.4) is 0 Å². The van der Waals surface area contributed by atoms with E-state index in [9.17, 15) is 9.59 Å². The van der Waals surface area contributed by atoms with Crippen molar-refractivity contribution in [2.24, 2.45) is 0 Å². The van der Waals surface area contributed by atoms with Gasteiger partial charge in [-0.1, -0.05) is 6.07 Å². The second-order valence-electron chi connectivity index (χ2n) is 5.86. The Morgan fingerprint density at radius 3 is 2.60 bits per heavy atom. The highest BCUT2D eigenvalue weighted by Crippen LogP contribution is 2.12. The Morgan fingerprint density at radius 2 is 1.92 bits per heavy atom. The molecule has 8 nitrogen and oxygen atoms in total. The first-order chi connectivity index (χ1) is 12.2. The molecule has 0 saturated carbocycles. The molecule has 3 rings (SSSR count). The Kier molecular flexibility index (Phi) is 5.61. The zero-order chi connectivity index (χ0) is 17.5. The van der Waals surface area contributed by atoms with Gasteiger partial charge in [0.05, 0.1) is 0 Å². The summed E-state index contributed by atoms with van der Waals surface area (Å²) >= 11 is 0. The van der Waals surface area contributed by atoms with Crippen molar-refractivity contribution in [3.05, 3.63) is 42.9 Å². The van der Waals surface area contributed by atoms with Crippen LogP contribution in [0.15, 0.2) is 42.9 Å². The molecule has 1 aliphatic rings. The van der Waals surface area contributed by atoms with Crippen molar-refractivity contribution in [3.63, 3.8) is 0 Å². The lowest BCUT2D eigenvalue weighted by atomic mass is 10.2. The molecule has 1 N–H and O–H groups in total. The monoisotopic (exact) mass is 342 g/mol. The SMILES string of the molecule is O=C(Cn1cccn1)NCCC(=O)N1CCN(c2ccccn2)CC1. The van der Waals surface area contributed by atoms with Gasteiger partial charge in [0.1, 0.15) is 12.4 Å². The minimum Gasteiger partial charge on any atom is -0.354 e. The van der Waals surface area contributed by atoms with E-state index >= 15 is 0 Å². The van der Waals surface area contributed by atoms with Crippen LogP contribution in [0.1, 0.15) is 6.42 Å². The first-order valence-electron chi connectivity index (χ1n) is 8.40. The number of carbonyl (C=O) groups is 2. The number of amides is 2. The topological polar surface area (TPSA) is 83.4 Å². The van der Waals surface area contributed by atoms with Crippen LogP contribution in [-0.4, -0.2) is 64.2 Å². The van der Waals surface area contributed by atoms with Gasteiger partial charge >= 0.3 is 0 Å². The van der Waals surface area contributed by atoms with Crippen LogP contribution in [0.25, 0.3) is 0 Å². The largest absolute Gasteiger partial charge is 0.354 e. The number of aromatic nitrogens is 3. The van der Waals surface area contributed by atoms with Gasteiger partial charge in [0.15, 0.2) is 0 Å². The van der Waals surface area contributed by atoms with Gasteiger partial charge in [0, 0.05) is 57.7 Å². The molecule has 0 spiro atoms. The third kappa shape index (κ3) is 4.79.